The van der Waals surface area contributed by atoms with Crippen molar-refractivity contribution in [2.75, 3.05) is 18.8 Å². The first kappa shape index (κ1) is 23.1. The van der Waals surface area contributed by atoms with Crippen LogP contribution in [0.4, 0.5) is 5.69 Å². The van der Waals surface area contributed by atoms with Crippen LogP contribution < -0.4 is 11.1 Å². The van der Waals surface area contributed by atoms with E-state index in [1.165, 1.54) is 32.1 Å². The van der Waals surface area contributed by atoms with Gasteiger partial charge in [-0.3, -0.25) is 4.79 Å². The molecule has 3 N–H and O–H groups in total. The lowest BCUT2D eigenvalue weighted by Gasteiger charge is -2.39. The van der Waals surface area contributed by atoms with Gasteiger partial charge in [0.15, 0.2) is 0 Å². The Bertz CT molecular complexity index is 542. The first-order chi connectivity index (χ1) is 11.7. The number of carbonyl (C=O) groups is 1. The van der Waals surface area contributed by atoms with E-state index in [9.17, 15) is 4.79 Å². The summed E-state index contributed by atoms with van der Waals surface area (Å²) in [6.07, 6.45) is 10.4. The van der Waals surface area contributed by atoms with Crippen LogP contribution in [0.25, 0.3) is 0 Å². The van der Waals surface area contributed by atoms with Gasteiger partial charge in [-0.2, -0.15) is 0 Å². The lowest BCUT2D eigenvalue weighted by Crippen LogP contribution is -2.48. The first-order valence-corrected chi connectivity index (χ1v) is 9.59. The van der Waals surface area contributed by atoms with E-state index in [2.05, 4.69) is 10.2 Å². The first-order valence-electron chi connectivity index (χ1n) is 9.59. The summed E-state index contributed by atoms with van der Waals surface area (Å²) in [7, 11) is 0. The van der Waals surface area contributed by atoms with Crippen molar-refractivity contribution in [3.05, 3.63) is 29.8 Å². The summed E-state index contributed by atoms with van der Waals surface area (Å²) in [5, 5.41) is 3.23. The number of nitrogen functional groups attached to an aromatic ring is 1. The molecule has 0 unspecified atom stereocenters. The van der Waals surface area contributed by atoms with Crippen LogP contribution in [0.3, 0.4) is 0 Å². The van der Waals surface area contributed by atoms with Gasteiger partial charge in [0.25, 0.3) is 0 Å². The molecule has 0 bridgehead atoms. The number of halogens is 2. The Kier molecular flexibility index (Phi) is 10.4. The molecule has 26 heavy (non-hydrogen) atoms. The van der Waals surface area contributed by atoms with E-state index < -0.39 is 0 Å². The maximum atomic E-state index is 12.2. The van der Waals surface area contributed by atoms with E-state index in [0.717, 1.165) is 49.6 Å². The standard InChI is InChI=1S/C20H31N3O.2ClH/c21-19-9-5-4-6-16(19)10-11-20(24)22-17-12-14-23(15-13-17)18-7-2-1-3-8-18;;/h4-6,9,17-18H,1-3,7-8,10-15,21H2,(H,22,24);2*1H. The zero-order valence-corrected chi connectivity index (χ0v) is 17.1. The van der Waals surface area contributed by atoms with Gasteiger partial charge in [0.05, 0.1) is 0 Å². The summed E-state index contributed by atoms with van der Waals surface area (Å²) >= 11 is 0. The van der Waals surface area contributed by atoms with E-state index in [0.29, 0.717) is 12.5 Å². The molecule has 2 fully saturated rings. The fourth-order valence-corrected chi connectivity index (χ4v) is 4.17. The van der Waals surface area contributed by atoms with Crippen LogP contribution in [0.5, 0.6) is 0 Å². The summed E-state index contributed by atoms with van der Waals surface area (Å²) in [6, 6.07) is 8.96. The highest BCUT2D eigenvalue weighted by Gasteiger charge is 2.26. The third kappa shape index (κ3) is 6.64. The molecular weight excluding hydrogens is 369 g/mol. The number of hydrogen-bond donors (Lipinski definition) is 2. The van der Waals surface area contributed by atoms with Crippen LogP contribution in [0.1, 0.15) is 56.9 Å². The van der Waals surface area contributed by atoms with Crippen LogP contribution in [0, 0.1) is 0 Å². The molecule has 0 atom stereocenters. The van der Waals surface area contributed by atoms with Crippen molar-refractivity contribution in [1.82, 2.24) is 10.2 Å². The Balaban J connectivity index is 0.00000169. The number of aryl methyl sites for hydroxylation is 1. The monoisotopic (exact) mass is 401 g/mol. The van der Waals surface area contributed by atoms with E-state index in [-0.39, 0.29) is 30.7 Å². The summed E-state index contributed by atoms with van der Waals surface area (Å²) in [4.78, 5) is 14.9. The van der Waals surface area contributed by atoms with Gasteiger partial charge in [-0.05, 0) is 43.7 Å². The lowest BCUT2D eigenvalue weighted by molar-refractivity contribution is -0.122. The van der Waals surface area contributed by atoms with Crippen LogP contribution in [0.2, 0.25) is 0 Å². The lowest BCUT2D eigenvalue weighted by atomic mass is 9.92. The number of nitrogens with zero attached hydrogens (tertiary/aromatic N) is 1. The molecule has 4 nitrogen and oxygen atoms in total. The molecule has 0 radical (unpaired) electrons. The number of para-hydroxylation sites is 1. The van der Waals surface area contributed by atoms with Crippen molar-refractivity contribution >= 4 is 36.4 Å². The Labute approximate surface area is 170 Å². The number of anilines is 1. The number of benzene rings is 1. The molecule has 1 heterocycles. The molecule has 0 aromatic heterocycles. The molecule has 0 spiro atoms. The third-order valence-electron chi connectivity index (χ3n) is 5.66. The maximum Gasteiger partial charge on any atom is 0.220 e. The molecule has 6 heteroatoms. The second kappa shape index (κ2) is 11.7. The molecule has 1 aromatic carbocycles. The van der Waals surface area contributed by atoms with Crippen LogP contribution >= 0.6 is 24.8 Å². The zero-order chi connectivity index (χ0) is 16.8. The number of likely N-dealkylation sites (tertiary alicyclic amines) is 1. The molecule has 3 rings (SSSR count). The predicted molar refractivity (Wildman–Crippen MR) is 113 cm³/mol. The zero-order valence-electron chi connectivity index (χ0n) is 15.5. The van der Waals surface area contributed by atoms with E-state index in [1.807, 2.05) is 24.3 Å². The number of nitrogens with one attached hydrogen (secondary N) is 1. The number of amides is 1. The fourth-order valence-electron chi connectivity index (χ4n) is 4.17. The average molecular weight is 402 g/mol. The molecule has 1 aromatic rings. The van der Waals surface area contributed by atoms with Gasteiger partial charge in [-0.1, -0.05) is 37.5 Å². The van der Waals surface area contributed by atoms with Gasteiger partial charge in [-0.25, -0.2) is 0 Å². The summed E-state index contributed by atoms with van der Waals surface area (Å²) in [5.74, 6) is 0.161. The van der Waals surface area contributed by atoms with Crippen LogP contribution in [-0.4, -0.2) is 36.0 Å². The Hall–Kier alpha value is -0.970. The van der Waals surface area contributed by atoms with Crippen molar-refractivity contribution < 1.29 is 4.79 Å². The highest BCUT2D eigenvalue weighted by Crippen LogP contribution is 2.25. The topological polar surface area (TPSA) is 58.4 Å². The Morgan fingerprint density at radius 1 is 1.04 bits per heavy atom. The van der Waals surface area contributed by atoms with Crippen LogP contribution in [0.15, 0.2) is 24.3 Å². The van der Waals surface area contributed by atoms with Crippen molar-refractivity contribution in [1.29, 1.82) is 0 Å². The smallest absolute Gasteiger partial charge is 0.220 e. The van der Waals surface area contributed by atoms with Crippen molar-refractivity contribution in [3.63, 3.8) is 0 Å². The van der Waals surface area contributed by atoms with Gasteiger partial charge < -0.3 is 16.0 Å². The van der Waals surface area contributed by atoms with E-state index >= 15 is 0 Å². The minimum atomic E-state index is 0. The fraction of sp³-hybridized carbons (Fsp3) is 0.650. The minimum absolute atomic E-state index is 0. The second-order valence-electron chi connectivity index (χ2n) is 7.37. The highest BCUT2D eigenvalue weighted by molar-refractivity contribution is 5.85. The number of nitrogens with two attached hydrogens (primary N) is 1. The Morgan fingerprint density at radius 2 is 1.69 bits per heavy atom. The highest BCUT2D eigenvalue weighted by atomic mass is 35.5. The summed E-state index contributed by atoms with van der Waals surface area (Å²) < 4.78 is 0. The number of rotatable bonds is 5. The van der Waals surface area contributed by atoms with Gasteiger partial charge in [0.1, 0.15) is 0 Å². The van der Waals surface area contributed by atoms with Crippen molar-refractivity contribution in [3.8, 4) is 0 Å². The molecule has 1 aliphatic heterocycles. The molecule has 148 valence electrons. The van der Waals surface area contributed by atoms with Crippen molar-refractivity contribution in [2.45, 2.75) is 69.9 Å². The largest absolute Gasteiger partial charge is 0.399 e. The predicted octanol–water partition coefficient (Wildman–Crippen LogP) is 3.96. The van der Waals surface area contributed by atoms with Gasteiger partial charge in [0.2, 0.25) is 5.91 Å². The number of piperidine rings is 1. The van der Waals surface area contributed by atoms with E-state index in [4.69, 9.17) is 5.73 Å². The summed E-state index contributed by atoms with van der Waals surface area (Å²) in [5.41, 5.74) is 7.79. The van der Waals surface area contributed by atoms with Gasteiger partial charge in [0, 0.05) is 37.3 Å². The Morgan fingerprint density at radius 3 is 2.35 bits per heavy atom. The van der Waals surface area contributed by atoms with Crippen LogP contribution in [-0.2, 0) is 11.2 Å². The molecule has 2 aliphatic rings. The maximum absolute atomic E-state index is 12.2. The van der Waals surface area contributed by atoms with Gasteiger partial charge in [-0.15, -0.1) is 24.8 Å². The molecule has 1 saturated heterocycles. The molecular formula is C20H33Cl2N3O. The number of hydrogen-bond acceptors (Lipinski definition) is 3. The third-order valence-corrected chi connectivity index (χ3v) is 5.66. The number of carbonyl (C=O) groups excluding carboxylic acids is 1. The normalized spacial score (nSPS) is 19.2. The molecule has 1 aliphatic carbocycles. The quantitative estimate of drug-likeness (QED) is 0.733. The summed E-state index contributed by atoms with van der Waals surface area (Å²) in [6.45, 7) is 2.28. The minimum Gasteiger partial charge on any atom is -0.399 e. The van der Waals surface area contributed by atoms with Crippen molar-refractivity contribution in [2.24, 2.45) is 0 Å². The molecule has 1 amide bonds. The molecule has 1 saturated carbocycles. The SMILES string of the molecule is Cl.Cl.Nc1ccccc1CCC(=O)NC1CCN(C2CCCCC2)CC1. The average Bonchev–Trinajstić information content (AvgIpc) is 2.62. The second-order valence-corrected chi connectivity index (χ2v) is 7.37. The van der Waals surface area contributed by atoms with Gasteiger partial charge >= 0.3 is 0 Å². The van der Waals surface area contributed by atoms with E-state index in [1.54, 1.807) is 0 Å².